The average Bonchev–Trinajstić information content (AvgIpc) is 3.68. The molecule has 1 heterocycles. The van der Waals surface area contributed by atoms with Crippen molar-refractivity contribution in [2.45, 2.75) is 122 Å². The van der Waals surface area contributed by atoms with E-state index in [1.807, 2.05) is 37.3 Å². The highest BCUT2D eigenvalue weighted by Gasteiger charge is 2.66. The van der Waals surface area contributed by atoms with E-state index in [4.69, 9.17) is 4.74 Å². The predicted molar refractivity (Wildman–Crippen MR) is 200 cm³/mol. The molecule has 0 unspecified atom stereocenters. The summed E-state index contributed by atoms with van der Waals surface area (Å²) >= 11 is 0. The summed E-state index contributed by atoms with van der Waals surface area (Å²) in [6.07, 6.45) is 11.4. The molecule has 2 aromatic rings. The summed E-state index contributed by atoms with van der Waals surface area (Å²) in [4.78, 5) is 78.0. The predicted octanol–water partition coefficient (Wildman–Crippen LogP) is 5.11. The summed E-state index contributed by atoms with van der Waals surface area (Å²) in [5, 5.41) is 27.8. The van der Waals surface area contributed by atoms with E-state index < -0.39 is 41.4 Å². The van der Waals surface area contributed by atoms with Crippen molar-refractivity contribution in [2.24, 2.45) is 28.6 Å². The van der Waals surface area contributed by atoms with Crippen LogP contribution in [0.5, 0.6) is 0 Å². The minimum atomic E-state index is -1.57. The number of ketones is 2. The highest BCUT2D eigenvalue weighted by molar-refractivity contribution is 5.92. The molecule has 6 rings (SSSR count). The van der Waals surface area contributed by atoms with Crippen LogP contribution in [0.25, 0.3) is 10.9 Å². The lowest BCUT2D eigenvalue weighted by Gasteiger charge is -2.58. The Morgan fingerprint density at radius 1 is 0.926 bits per heavy atom. The number of carbonyl (C=O) groups is 6. The van der Waals surface area contributed by atoms with Crippen molar-refractivity contribution >= 4 is 46.2 Å². The van der Waals surface area contributed by atoms with Crippen LogP contribution in [-0.4, -0.2) is 75.3 Å². The van der Waals surface area contributed by atoms with Crippen molar-refractivity contribution in [3.63, 3.8) is 0 Å². The average molecular weight is 746 g/mol. The van der Waals surface area contributed by atoms with Crippen LogP contribution in [-0.2, 0) is 39.9 Å². The quantitative estimate of drug-likeness (QED) is 0.115. The van der Waals surface area contributed by atoms with Gasteiger partial charge in [0.25, 0.3) is 0 Å². The van der Waals surface area contributed by atoms with Gasteiger partial charge in [-0.2, -0.15) is 0 Å². The number of allylic oxidation sites excluding steroid dienone is 1. The lowest BCUT2D eigenvalue weighted by Crippen LogP contribution is -2.58. The number of Topliss-reactive ketones (excluding diaryl/α,β-unsaturated/α-hetero) is 1. The number of unbranched alkanes of at least 4 members (excludes halogenated alkanes) is 2. The van der Waals surface area contributed by atoms with E-state index >= 15 is 0 Å². The maximum Gasteiger partial charge on any atom is 0.326 e. The van der Waals surface area contributed by atoms with Crippen LogP contribution in [0.15, 0.2) is 42.1 Å². The zero-order chi connectivity index (χ0) is 38.7. The van der Waals surface area contributed by atoms with E-state index in [9.17, 15) is 39.0 Å². The SMILES string of the molecule is C[C@]12CCC(=O)C=C1CC[C@@H]1[C@H]2CC[C@@]2(C)[C@H]1CC[C@]2(O)C(=O)COC(=O)CCC(=O)NCCCCCC(=O)N[C@H](Cc1c[nH]c2ccccc12)C(=O)O. The van der Waals surface area contributed by atoms with E-state index in [1.165, 1.54) is 5.57 Å². The maximum atomic E-state index is 13.5. The summed E-state index contributed by atoms with van der Waals surface area (Å²) < 4.78 is 5.29. The van der Waals surface area contributed by atoms with Crippen LogP contribution < -0.4 is 10.6 Å². The van der Waals surface area contributed by atoms with E-state index in [-0.39, 0.29) is 54.6 Å². The first-order valence-electron chi connectivity index (χ1n) is 19.7. The fraction of sp³-hybridized carbons (Fsp3) is 0.619. The molecular formula is C42H55N3O9. The normalized spacial score (nSPS) is 29.3. The second-order valence-electron chi connectivity index (χ2n) is 16.6. The number of esters is 1. The molecule has 3 fully saturated rings. The lowest BCUT2D eigenvalue weighted by atomic mass is 9.46. The molecule has 4 aliphatic carbocycles. The third-order valence-electron chi connectivity index (χ3n) is 13.6. The molecule has 12 nitrogen and oxygen atoms in total. The molecule has 1 aromatic carbocycles. The Labute approximate surface area is 316 Å². The number of benzene rings is 1. The molecule has 2 amide bonds. The van der Waals surface area contributed by atoms with Gasteiger partial charge in [0, 0.05) is 54.7 Å². The van der Waals surface area contributed by atoms with Gasteiger partial charge in [-0.15, -0.1) is 0 Å². The fourth-order valence-corrected chi connectivity index (χ4v) is 10.5. The number of amides is 2. The Balaban J connectivity index is 0.858. The number of para-hydroxylation sites is 1. The molecule has 54 heavy (non-hydrogen) atoms. The number of aromatic nitrogens is 1. The smallest absolute Gasteiger partial charge is 0.326 e. The van der Waals surface area contributed by atoms with Crippen LogP contribution in [0.3, 0.4) is 0 Å². The molecular weight excluding hydrogens is 690 g/mol. The van der Waals surface area contributed by atoms with Gasteiger partial charge < -0.3 is 30.6 Å². The molecule has 4 aliphatic rings. The number of carboxylic acids is 1. The Hall–Kier alpha value is -4.32. The van der Waals surface area contributed by atoms with Crippen LogP contribution in [0.4, 0.5) is 0 Å². The van der Waals surface area contributed by atoms with Crippen LogP contribution >= 0.6 is 0 Å². The number of carboxylic acid groups (broad SMARTS) is 1. The molecule has 5 N–H and O–H groups in total. The minimum Gasteiger partial charge on any atom is -0.480 e. The topological polar surface area (TPSA) is 192 Å². The number of carbonyl (C=O) groups excluding carboxylic acids is 5. The minimum absolute atomic E-state index is 0.00202. The van der Waals surface area contributed by atoms with Crippen LogP contribution in [0, 0.1) is 28.6 Å². The third-order valence-corrected chi connectivity index (χ3v) is 13.6. The number of hydrogen-bond donors (Lipinski definition) is 5. The van der Waals surface area contributed by atoms with E-state index in [0.29, 0.717) is 56.9 Å². The van der Waals surface area contributed by atoms with Gasteiger partial charge >= 0.3 is 11.9 Å². The van der Waals surface area contributed by atoms with Crippen molar-refractivity contribution < 1.29 is 43.7 Å². The summed E-state index contributed by atoms with van der Waals surface area (Å²) in [6, 6.07) is 6.53. The summed E-state index contributed by atoms with van der Waals surface area (Å²) in [7, 11) is 0. The Kier molecular flexibility index (Phi) is 11.8. The first-order valence-corrected chi connectivity index (χ1v) is 19.7. The Morgan fingerprint density at radius 3 is 2.50 bits per heavy atom. The van der Waals surface area contributed by atoms with E-state index in [1.54, 1.807) is 6.20 Å². The highest BCUT2D eigenvalue weighted by atomic mass is 16.5. The van der Waals surface area contributed by atoms with Gasteiger partial charge in [-0.25, -0.2) is 4.79 Å². The van der Waals surface area contributed by atoms with Gasteiger partial charge in [0.05, 0.1) is 6.42 Å². The van der Waals surface area contributed by atoms with Crippen molar-refractivity contribution in [2.75, 3.05) is 13.2 Å². The first kappa shape index (κ1) is 39.4. The highest BCUT2D eigenvalue weighted by Crippen LogP contribution is 2.67. The standard InChI is InChI=1S/C42H55N3O9/c1-40-18-15-28(46)23-27(40)11-12-30-31(40)16-19-41(2)32(30)17-20-42(41,53)35(47)25-54-38(50)14-13-36(48)43-21-7-3-4-10-37(49)45-34(39(51)52)22-26-24-44-33-9-6-5-8-29(26)33/h5-6,8-9,23-24,30-32,34,44,53H,3-4,7,10-22,25H2,1-2H3,(H,43,48)(H,45,49)(H,51,52)/t30-,31-,32+,34-,40+,41+,42+/m1/s1. The monoisotopic (exact) mass is 745 g/mol. The number of nitrogens with one attached hydrogen (secondary N) is 3. The molecule has 0 radical (unpaired) electrons. The maximum absolute atomic E-state index is 13.5. The second-order valence-corrected chi connectivity index (χ2v) is 16.6. The molecule has 12 heteroatoms. The second kappa shape index (κ2) is 16.2. The molecule has 0 aliphatic heterocycles. The number of ether oxygens (including phenoxy) is 1. The van der Waals surface area contributed by atoms with Crippen molar-refractivity contribution in [3.05, 3.63) is 47.7 Å². The largest absolute Gasteiger partial charge is 0.480 e. The van der Waals surface area contributed by atoms with E-state index in [2.05, 4.69) is 22.5 Å². The van der Waals surface area contributed by atoms with Crippen LogP contribution in [0.1, 0.15) is 109 Å². The Bertz CT molecular complexity index is 1820. The molecule has 1 aromatic heterocycles. The summed E-state index contributed by atoms with van der Waals surface area (Å²) in [5.41, 5.74) is 0.808. The van der Waals surface area contributed by atoms with Gasteiger partial charge in [0.2, 0.25) is 17.6 Å². The van der Waals surface area contributed by atoms with Crippen LogP contribution in [0.2, 0.25) is 0 Å². The van der Waals surface area contributed by atoms with E-state index in [0.717, 1.165) is 48.6 Å². The van der Waals surface area contributed by atoms with Crippen molar-refractivity contribution in [1.82, 2.24) is 15.6 Å². The zero-order valence-electron chi connectivity index (χ0n) is 31.5. The molecule has 7 atom stereocenters. The van der Waals surface area contributed by atoms with Gasteiger partial charge in [-0.1, -0.05) is 44.0 Å². The number of hydrogen-bond acceptors (Lipinski definition) is 8. The molecule has 3 saturated carbocycles. The van der Waals surface area contributed by atoms with Crippen molar-refractivity contribution in [3.8, 4) is 0 Å². The number of fused-ring (bicyclic) bond motifs is 6. The number of aromatic amines is 1. The van der Waals surface area contributed by atoms with Gasteiger partial charge in [0.1, 0.15) is 11.6 Å². The zero-order valence-corrected chi connectivity index (χ0v) is 31.5. The molecule has 0 spiro atoms. The summed E-state index contributed by atoms with van der Waals surface area (Å²) in [6.45, 7) is 4.16. The number of rotatable bonds is 16. The molecule has 292 valence electrons. The summed E-state index contributed by atoms with van der Waals surface area (Å²) in [5.74, 6) is -1.73. The Morgan fingerprint density at radius 2 is 1.70 bits per heavy atom. The number of aliphatic hydroxyl groups is 1. The first-order chi connectivity index (χ1) is 25.7. The van der Waals surface area contributed by atoms with Gasteiger partial charge in [-0.05, 0) is 98.7 Å². The lowest BCUT2D eigenvalue weighted by molar-refractivity contribution is -0.170. The number of H-pyrrole nitrogens is 1. The number of aliphatic carboxylic acids is 1. The molecule has 0 bridgehead atoms. The van der Waals surface area contributed by atoms with Gasteiger partial charge in [0.15, 0.2) is 12.4 Å². The fourth-order valence-electron chi connectivity index (χ4n) is 10.5. The van der Waals surface area contributed by atoms with Crippen molar-refractivity contribution in [1.29, 1.82) is 0 Å². The third kappa shape index (κ3) is 7.90. The van der Waals surface area contributed by atoms with Gasteiger partial charge in [-0.3, -0.25) is 24.0 Å². The molecule has 0 saturated heterocycles.